The Morgan fingerprint density at radius 3 is 2.55 bits per heavy atom. The number of fused-ring (bicyclic) bond motifs is 1. The molecule has 33 heavy (non-hydrogen) atoms. The molecule has 0 saturated heterocycles. The van der Waals surface area contributed by atoms with Crippen LogP contribution in [0.4, 0.5) is 23.1 Å². The van der Waals surface area contributed by atoms with E-state index in [4.69, 9.17) is 9.47 Å². The van der Waals surface area contributed by atoms with E-state index in [9.17, 15) is 14.4 Å². The number of methoxy groups -OCH3 is 2. The van der Waals surface area contributed by atoms with Crippen molar-refractivity contribution in [1.29, 1.82) is 0 Å². The van der Waals surface area contributed by atoms with Gasteiger partial charge in [-0.2, -0.15) is 4.98 Å². The van der Waals surface area contributed by atoms with Crippen molar-refractivity contribution in [2.45, 2.75) is 19.3 Å². The molecule has 2 heterocycles. The maximum Gasteiger partial charge on any atom is 0.258 e. The fourth-order valence-electron chi connectivity index (χ4n) is 3.60. The number of nitrogens with one attached hydrogen (secondary N) is 4. The molecule has 2 aromatic carbocycles. The zero-order chi connectivity index (χ0) is 23.5. The highest BCUT2D eigenvalue weighted by molar-refractivity contribution is 6.05. The van der Waals surface area contributed by atoms with Crippen molar-refractivity contribution in [3.63, 3.8) is 0 Å². The van der Waals surface area contributed by atoms with E-state index in [1.165, 1.54) is 7.11 Å². The van der Waals surface area contributed by atoms with Crippen LogP contribution in [0.25, 0.3) is 0 Å². The van der Waals surface area contributed by atoms with Gasteiger partial charge in [-0.25, -0.2) is 0 Å². The predicted octanol–water partition coefficient (Wildman–Crippen LogP) is 2.90. The van der Waals surface area contributed by atoms with E-state index in [-0.39, 0.29) is 23.8 Å². The number of aryl methyl sites for hydroxylation is 1. The number of carbonyl (C=O) groups excluding carboxylic acids is 2. The Morgan fingerprint density at radius 2 is 1.85 bits per heavy atom. The first-order chi connectivity index (χ1) is 15.9. The summed E-state index contributed by atoms with van der Waals surface area (Å²) >= 11 is 0. The second-order valence-electron chi connectivity index (χ2n) is 7.53. The topological polar surface area (TPSA) is 134 Å². The van der Waals surface area contributed by atoms with Gasteiger partial charge in [0.05, 0.1) is 31.4 Å². The van der Waals surface area contributed by atoms with Gasteiger partial charge in [0.2, 0.25) is 17.8 Å². The van der Waals surface area contributed by atoms with Gasteiger partial charge in [0.1, 0.15) is 17.3 Å². The minimum Gasteiger partial charge on any atom is -0.497 e. The fraction of sp³-hybridized carbons (Fsp3) is 0.217. The normalized spacial score (nSPS) is 14.6. The van der Waals surface area contributed by atoms with Crippen molar-refractivity contribution in [3.05, 3.63) is 63.9 Å². The maximum absolute atomic E-state index is 13.1. The van der Waals surface area contributed by atoms with Crippen LogP contribution < -0.4 is 31.0 Å². The summed E-state index contributed by atoms with van der Waals surface area (Å²) in [6, 6.07) is 12.3. The van der Waals surface area contributed by atoms with Crippen LogP contribution in [-0.2, 0) is 9.59 Å². The van der Waals surface area contributed by atoms with Crippen LogP contribution in [0.5, 0.6) is 11.5 Å². The molecule has 1 aliphatic rings. The first-order valence-corrected chi connectivity index (χ1v) is 10.2. The lowest BCUT2D eigenvalue weighted by molar-refractivity contribution is -0.123. The third kappa shape index (κ3) is 4.64. The van der Waals surface area contributed by atoms with E-state index in [1.54, 1.807) is 43.5 Å². The number of benzene rings is 2. The number of hydrogen-bond donors (Lipinski definition) is 4. The van der Waals surface area contributed by atoms with Gasteiger partial charge in [-0.15, -0.1) is 0 Å². The number of carbonyl (C=O) groups is 2. The Kier molecular flexibility index (Phi) is 5.99. The molecule has 0 bridgehead atoms. The van der Waals surface area contributed by atoms with Crippen molar-refractivity contribution < 1.29 is 19.1 Å². The van der Waals surface area contributed by atoms with Crippen LogP contribution in [0.15, 0.2) is 47.3 Å². The molecule has 4 N–H and O–H groups in total. The Balaban J connectivity index is 1.63. The Bertz CT molecular complexity index is 1270. The number of nitrogens with zero attached hydrogens (tertiary/aromatic N) is 1. The van der Waals surface area contributed by atoms with Gasteiger partial charge in [0.25, 0.3) is 5.56 Å². The molecule has 1 aromatic heterocycles. The third-order valence-corrected chi connectivity index (χ3v) is 5.23. The minimum atomic E-state index is -1.01. The highest BCUT2D eigenvalue weighted by Gasteiger charge is 2.35. The molecule has 0 saturated carbocycles. The second kappa shape index (κ2) is 9.03. The van der Waals surface area contributed by atoms with Gasteiger partial charge < -0.3 is 25.4 Å². The summed E-state index contributed by atoms with van der Waals surface area (Å²) in [6.45, 7) is 1.88. The average Bonchev–Trinajstić information content (AvgIpc) is 2.79. The lowest BCUT2D eigenvalue weighted by Crippen LogP contribution is -2.36. The molecular formula is C23H23N5O5. The number of amides is 2. The summed E-state index contributed by atoms with van der Waals surface area (Å²) in [5.41, 5.74) is 1.60. The van der Waals surface area contributed by atoms with E-state index in [2.05, 4.69) is 25.9 Å². The maximum atomic E-state index is 13.1. The van der Waals surface area contributed by atoms with Crippen LogP contribution in [0.1, 0.15) is 23.5 Å². The van der Waals surface area contributed by atoms with Gasteiger partial charge in [-0.3, -0.25) is 19.4 Å². The highest BCUT2D eigenvalue weighted by Crippen LogP contribution is 2.32. The lowest BCUT2D eigenvalue weighted by Gasteiger charge is -2.24. The van der Waals surface area contributed by atoms with Crippen LogP contribution in [0, 0.1) is 6.92 Å². The van der Waals surface area contributed by atoms with Crippen molar-refractivity contribution in [2.24, 2.45) is 0 Å². The van der Waals surface area contributed by atoms with Crippen molar-refractivity contribution >= 4 is 35.0 Å². The van der Waals surface area contributed by atoms with E-state index in [0.717, 1.165) is 5.56 Å². The first kappa shape index (κ1) is 21.9. The minimum absolute atomic E-state index is 0.0439. The molecule has 1 atom stereocenters. The average molecular weight is 449 g/mol. The molecule has 0 fully saturated rings. The zero-order valence-corrected chi connectivity index (χ0v) is 18.3. The van der Waals surface area contributed by atoms with Crippen molar-refractivity contribution in [2.75, 3.05) is 30.2 Å². The molecule has 170 valence electrons. The summed E-state index contributed by atoms with van der Waals surface area (Å²) in [5, 5.41) is 8.34. The molecule has 1 unspecified atom stereocenters. The number of aromatic amines is 1. The second-order valence-corrected chi connectivity index (χ2v) is 7.53. The molecule has 2 amide bonds. The van der Waals surface area contributed by atoms with Gasteiger partial charge in [0.15, 0.2) is 0 Å². The molecule has 0 radical (unpaired) electrons. The number of H-pyrrole nitrogens is 1. The first-order valence-electron chi connectivity index (χ1n) is 10.2. The molecule has 10 nitrogen and oxygen atoms in total. The van der Waals surface area contributed by atoms with Crippen LogP contribution in [0.3, 0.4) is 0 Å². The summed E-state index contributed by atoms with van der Waals surface area (Å²) in [5.74, 6) is -0.594. The Hall–Kier alpha value is -4.34. The van der Waals surface area contributed by atoms with Crippen LogP contribution >= 0.6 is 0 Å². The quantitative estimate of drug-likeness (QED) is 0.454. The largest absolute Gasteiger partial charge is 0.497 e. The van der Waals surface area contributed by atoms with Crippen molar-refractivity contribution in [3.8, 4) is 11.5 Å². The van der Waals surface area contributed by atoms with E-state index in [1.807, 2.05) is 13.0 Å². The van der Waals surface area contributed by atoms with Crippen LogP contribution in [0.2, 0.25) is 0 Å². The summed E-state index contributed by atoms with van der Waals surface area (Å²) in [6.07, 6.45) is -0.178. The molecule has 0 aliphatic carbocycles. The van der Waals surface area contributed by atoms with Crippen LogP contribution in [-0.4, -0.2) is 36.0 Å². The number of rotatable bonds is 6. The predicted molar refractivity (Wildman–Crippen MR) is 123 cm³/mol. The molecule has 10 heteroatoms. The zero-order valence-electron chi connectivity index (χ0n) is 18.3. The lowest BCUT2D eigenvalue weighted by atomic mass is 9.92. The van der Waals surface area contributed by atoms with E-state index in [0.29, 0.717) is 22.9 Å². The Labute approximate surface area is 189 Å². The Morgan fingerprint density at radius 1 is 1.09 bits per heavy atom. The molecular weight excluding hydrogens is 426 g/mol. The smallest absolute Gasteiger partial charge is 0.258 e. The SMILES string of the molecule is COc1ccc(Nc2nc3c(c(=O)[nH]2)C(C(=O)Nc2cc(C)ccc2OC)CC(=O)N3)cc1. The van der Waals surface area contributed by atoms with Crippen molar-refractivity contribution in [1.82, 2.24) is 9.97 Å². The number of ether oxygens (including phenoxy) is 2. The number of hydrogen-bond acceptors (Lipinski definition) is 7. The van der Waals surface area contributed by atoms with Gasteiger partial charge >= 0.3 is 0 Å². The molecule has 4 rings (SSSR count). The summed E-state index contributed by atoms with van der Waals surface area (Å²) in [7, 11) is 3.06. The van der Waals surface area contributed by atoms with E-state index < -0.39 is 23.3 Å². The summed E-state index contributed by atoms with van der Waals surface area (Å²) in [4.78, 5) is 45.3. The van der Waals surface area contributed by atoms with Gasteiger partial charge in [-0.1, -0.05) is 6.07 Å². The summed E-state index contributed by atoms with van der Waals surface area (Å²) < 4.78 is 10.4. The molecule has 3 aromatic rings. The standard InChI is InChI=1S/C23H23N5O5/c1-12-4-9-17(33-3)16(10-12)25-21(30)15-11-18(29)26-20-19(15)22(31)28-23(27-20)24-13-5-7-14(32-2)8-6-13/h4-10,15H,11H2,1-3H3,(H,25,30)(H3,24,26,27,28,29,31). The monoisotopic (exact) mass is 449 g/mol. The highest BCUT2D eigenvalue weighted by atomic mass is 16.5. The molecule has 1 aliphatic heterocycles. The fourth-order valence-corrected chi connectivity index (χ4v) is 3.60. The number of aromatic nitrogens is 2. The van der Waals surface area contributed by atoms with Gasteiger partial charge in [-0.05, 0) is 48.9 Å². The third-order valence-electron chi connectivity index (χ3n) is 5.23. The molecule has 0 spiro atoms. The van der Waals surface area contributed by atoms with Gasteiger partial charge in [0, 0.05) is 12.1 Å². The number of anilines is 4. The van der Waals surface area contributed by atoms with E-state index >= 15 is 0 Å².